The largest absolute Gasteiger partial charge is 0.159 e. The molecule has 0 unspecified atom stereocenters. The molecule has 66 valence electrons. The van der Waals surface area contributed by atoms with E-state index < -0.39 is 0 Å². The van der Waals surface area contributed by atoms with Gasteiger partial charge in [0, 0.05) is 0 Å². The van der Waals surface area contributed by atoms with E-state index in [9.17, 15) is 0 Å². The van der Waals surface area contributed by atoms with Gasteiger partial charge < -0.3 is 0 Å². The van der Waals surface area contributed by atoms with Crippen LogP contribution in [0.25, 0.3) is 0 Å². The van der Waals surface area contributed by atoms with Crippen molar-refractivity contribution in [3.63, 3.8) is 0 Å². The summed E-state index contributed by atoms with van der Waals surface area (Å²) in [6.07, 6.45) is 1.08. The van der Waals surface area contributed by atoms with Gasteiger partial charge in [-0.25, -0.2) is 0 Å². The van der Waals surface area contributed by atoms with Gasteiger partial charge in [0.15, 0.2) is 2.14 Å². The first-order valence-corrected chi connectivity index (χ1v) is 6.08. The molecule has 0 saturated heterocycles. The highest BCUT2D eigenvalue weighted by Gasteiger charge is 2.19. The van der Waals surface area contributed by atoms with Gasteiger partial charge in [-0.1, -0.05) is 79.0 Å². The van der Waals surface area contributed by atoms with Gasteiger partial charge in [0.2, 0.25) is 0 Å². The molecule has 0 aliphatic heterocycles. The molecule has 0 nitrogen and oxygen atoms in total. The van der Waals surface area contributed by atoms with Crippen molar-refractivity contribution in [1.29, 1.82) is 0 Å². The quantitative estimate of drug-likeness (QED) is 0.648. The van der Waals surface area contributed by atoms with Crippen molar-refractivity contribution in [2.24, 2.45) is 0 Å². The van der Waals surface area contributed by atoms with Gasteiger partial charge >= 0.3 is 0 Å². The molecule has 1 aromatic rings. The highest BCUT2D eigenvalue weighted by molar-refractivity contribution is 9.38. The molecular formula is C9H9Br3. The summed E-state index contributed by atoms with van der Waals surface area (Å²) in [5, 5.41) is 0. The SMILES string of the molecule is CCc1ccc(C(Br)(Br)Br)cc1. The van der Waals surface area contributed by atoms with Crippen LogP contribution in [0.15, 0.2) is 24.3 Å². The molecule has 0 amide bonds. The number of hydrogen-bond acceptors (Lipinski definition) is 0. The highest BCUT2D eigenvalue weighted by Crippen LogP contribution is 2.44. The van der Waals surface area contributed by atoms with Gasteiger partial charge in [0.1, 0.15) is 0 Å². The van der Waals surface area contributed by atoms with Gasteiger partial charge in [-0.05, 0) is 17.5 Å². The van der Waals surface area contributed by atoms with Gasteiger partial charge in [0.05, 0.1) is 0 Å². The predicted molar refractivity (Wildman–Crippen MR) is 64.3 cm³/mol. The molecule has 0 fully saturated rings. The zero-order valence-corrected chi connectivity index (χ0v) is 11.4. The zero-order valence-electron chi connectivity index (χ0n) is 6.65. The lowest BCUT2D eigenvalue weighted by molar-refractivity contribution is 1.13. The molecule has 1 aromatic carbocycles. The van der Waals surface area contributed by atoms with Crippen LogP contribution in [0.5, 0.6) is 0 Å². The summed E-state index contributed by atoms with van der Waals surface area (Å²) in [6.45, 7) is 2.15. The lowest BCUT2D eigenvalue weighted by atomic mass is 10.1. The van der Waals surface area contributed by atoms with Gasteiger partial charge in [-0.15, -0.1) is 0 Å². The number of benzene rings is 1. The minimum absolute atomic E-state index is 0.279. The molecule has 0 spiro atoms. The number of alkyl halides is 3. The Morgan fingerprint density at radius 3 is 1.92 bits per heavy atom. The molecule has 0 atom stereocenters. The van der Waals surface area contributed by atoms with Gasteiger partial charge in [-0.2, -0.15) is 0 Å². The van der Waals surface area contributed by atoms with Crippen LogP contribution >= 0.6 is 47.8 Å². The number of rotatable bonds is 1. The number of halogens is 3. The van der Waals surface area contributed by atoms with Crippen molar-refractivity contribution in [1.82, 2.24) is 0 Å². The average molecular weight is 357 g/mol. The van der Waals surface area contributed by atoms with E-state index in [1.807, 2.05) is 0 Å². The zero-order chi connectivity index (χ0) is 9.19. The monoisotopic (exact) mass is 354 g/mol. The van der Waals surface area contributed by atoms with Crippen LogP contribution in [-0.2, 0) is 8.56 Å². The maximum atomic E-state index is 3.47. The molecule has 12 heavy (non-hydrogen) atoms. The minimum Gasteiger partial charge on any atom is -0.0613 e. The van der Waals surface area contributed by atoms with Crippen LogP contribution in [0, 0.1) is 0 Å². The molecule has 1 rings (SSSR count). The number of hydrogen-bond donors (Lipinski definition) is 0. The average Bonchev–Trinajstić information content (AvgIpc) is 2.03. The Balaban J connectivity index is 2.93. The smallest absolute Gasteiger partial charge is 0.0613 e. The molecule has 0 bridgehead atoms. The molecule has 0 saturated carbocycles. The van der Waals surface area contributed by atoms with E-state index >= 15 is 0 Å². The molecule has 0 N–H and O–H groups in total. The van der Waals surface area contributed by atoms with Crippen LogP contribution in [0.1, 0.15) is 18.1 Å². The topological polar surface area (TPSA) is 0 Å². The maximum absolute atomic E-state index is 3.47. The van der Waals surface area contributed by atoms with Crippen molar-refractivity contribution in [3.8, 4) is 0 Å². The maximum Gasteiger partial charge on any atom is 0.159 e. The summed E-state index contributed by atoms with van der Waals surface area (Å²) >= 11 is 10.4. The first-order chi connectivity index (χ1) is 5.54. The summed E-state index contributed by atoms with van der Waals surface area (Å²) in [5.41, 5.74) is 2.52. The molecule has 0 aliphatic carbocycles. The van der Waals surface area contributed by atoms with E-state index in [1.165, 1.54) is 11.1 Å². The number of aryl methyl sites for hydroxylation is 1. The lowest BCUT2D eigenvalue weighted by Crippen LogP contribution is -1.96. The first kappa shape index (κ1) is 10.7. The Morgan fingerprint density at radius 1 is 1.08 bits per heavy atom. The third-order valence-electron chi connectivity index (χ3n) is 1.69. The van der Waals surface area contributed by atoms with Crippen LogP contribution in [0.4, 0.5) is 0 Å². The third kappa shape index (κ3) is 2.86. The van der Waals surface area contributed by atoms with E-state index in [0.29, 0.717) is 0 Å². The normalized spacial score (nSPS) is 11.7. The molecule has 3 heteroatoms. The standard InChI is InChI=1S/C9H9Br3/c1-2-7-3-5-8(6-4-7)9(10,11)12/h3-6H,2H2,1H3. The summed E-state index contributed by atoms with van der Waals surface area (Å²) in [6, 6.07) is 8.45. The highest BCUT2D eigenvalue weighted by atomic mass is 80.0. The van der Waals surface area contributed by atoms with Gasteiger partial charge in [-0.3, -0.25) is 0 Å². The summed E-state index contributed by atoms with van der Waals surface area (Å²) < 4.78 is -0.279. The van der Waals surface area contributed by atoms with Crippen molar-refractivity contribution < 1.29 is 0 Å². The Labute approximate surface area is 98.1 Å². The summed E-state index contributed by atoms with van der Waals surface area (Å²) in [4.78, 5) is 0. The molecule has 0 aliphatic rings. The second-order valence-corrected chi connectivity index (χ2v) is 9.31. The Bertz CT molecular complexity index is 245. The second kappa shape index (κ2) is 4.25. The van der Waals surface area contributed by atoms with Gasteiger partial charge in [0.25, 0.3) is 0 Å². The summed E-state index contributed by atoms with van der Waals surface area (Å²) in [5.74, 6) is 0. The Morgan fingerprint density at radius 2 is 1.58 bits per heavy atom. The van der Waals surface area contributed by atoms with Crippen LogP contribution in [0.2, 0.25) is 0 Å². The minimum atomic E-state index is -0.279. The van der Waals surface area contributed by atoms with Crippen molar-refractivity contribution in [2.45, 2.75) is 15.5 Å². The van der Waals surface area contributed by atoms with E-state index in [0.717, 1.165) is 6.42 Å². The van der Waals surface area contributed by atoms with E-state index in [2.05, 4.69) is 79.0 Å². The first-order valence-electron chi connectivity index (χ1n) is 3.70. The van der Waals surface area contributed by atoms with Crippen molar-refractivity contribution >= 4 is 47.8 Å². The molecule has 0 radical (unpaired) electrons. The van der Waals surface area contributed by atoms with Crippen molar-refractivity contribution in [3.05, 3.63) is 35.4 Å². The Kier molecular flexibility index (Phi) is 3.80. The summed E-state index contributed by atoms with van der Waals surface area (Å²) in [7, 11) is 0. The van der Waals surface area contributed by atoms with Crippen LogP contribution < -0.4 is 0 Å². The Hall–Kier alpha value is 0.660. The van der Waals surface area contributed by atoms with E-state index in [4.69, 9.17) is 0 Å². The lowest BCUT2D eigenvalue weighted by Gasteiger charge is -2.12. The van der Waals surface area contributed by atoms with Crippen molar-refractivity contribution in [2.75, 3.05) is 0 Å². The molecule has 0 heterocycles. The van der Waals surface area contributed by atoms with Crippen LogP contribution in [-0.4, -0.2) is 0 Å². The third-order valence-corrected chi connectivity index (χ3v) is 3.06. The van der Waals surface area contributed by atoms with E-state index in [1.54, 1.807) is 0 Å². The fraction of sp³-hybridized carbons (Fsp3) is 0.333. The molecule has 0 aromatic heterocycles. The second-order valence-electron chi connectivity index (χ2n) is 2.55. The predicted octanol–water partition coefficient (Wildman–Crippen LogP) is 4.54. The fourth-order valence-electron chi connectivity index (χ4n) is 0.929. The van der Waals surface area contributed by atoms with E-state index in [-0.39, 0.29) is 2.14 Å². The molecular weight excluding hydrogens is 348 g/mol. The fourth-order valence-corrected chi connectivity index (χ4v) is 1.72. The van der Waals surface area contributed by atoms with Crippen LogP contribution in [0.3, 0.4) is 0 Å².